The van der Waals surface area contributed by atoms with Crippen LogP contribution in [0.25, 0.3) is 0 Å². The first-order chi connectivity index (χ1) is 6.88. The first-order valence-corrected chi connectivity index (χ1v) is 4.69. The van der Waals surface area contributed by atoms with Crippen molar-refractivity contribution in [3.63, 3.8) is 0 Å². The summed E-state index contributed by atoms with van der Waals surface area (Å²) >= 11 is 0. The largest absolute Gasteiger partial charge is 0.378 e. The lowest BCUT2D eigenvalue weighted by Crippen LogP contribution is -2.46. The lowest BCUT2D eigenvalue weighted by molar-refractivity contribution is 0.0607. The number of nitrogens with one attached hydrogen (secondary N) is 1. The maximum absolute atomic E-state index is 11.8. The van der Waals surface area contributed by atoms with Gasteiger partial charge < -0.3 is 10.1 Å². The Balaban J connectivity index is 2.07. The molecule has 1 heterocycles. The van der Waals surface area contributed by atoms with E-state index in [-0.39, 0.29) is 11.8 Å². The normalized spacial score (nSPS) is 21.9. The maximum atomic E-state index is 11.8. The molecule has 1 aliphatic rings. The summed E-state index contributed by atoms with van der Waals surface area (Å²) in [6.07, 6.45) is 0. The third-order valence-corrected chi connectivity index (χ3v) is 2.24. The van der Waals surface area contributed by atoms with Crippen molar-refractivity contribution >= 4 is 5.78 Å². The molecule has 0 bridgehead atoms. The van der Waals surface area contributed by atoms with Gasteiger partial charge in [0.25, 0.3) is 0 Å². The predicted octanol–water partition coefficient (Wildman–Crippen LogP) is 0.658. The second kappa shape index (κ2) is 4.35. The summed E-state index contributed by atoms with van der Waals surface area (Å²) < 4.78 is 5.23. The Hall–Kier alpha value is -1.19. The number of hydrogen-bond acceptors (Lipinski definition) is 3. The Kier molecular flexibility index (Phi) is 2.91. The van der Waals surface area contributed by atoms with Crippen molar-refractivity contribution in [2.24, 2.45) is 0 Å². The van der Waals surface area contributed by atoms with E-state index in [1.165, 1.54) is 0 Å². The molecule has 1 aromatic rings. The quantitative estimate of drug-likeness (QED) is 0.696. The zero-order valence-electron chi connectivity index (χ0n) is 7.82. The third kappa shape index (κ3) is 2.00. The second-order valence-electron chi connectivity index (χ2n) is 3.23. The van der Waals surface area contributed by atoms with Crippen molar-refractivity contribution in [3.05, 3.63) is 35.9 Å². The first kappa shape index (κ1) is 9.37. The molecule has 1 N–H and O–H groups in total. The number of Topliss-reactive ketones (excluding diaryl/α,β-unsaturated/α-hetero) is 1. The first-order valence-electron chi connectivity index (χ1n) is 4.69. The molecule has 1 radical (unpaired) electrons. The van der Waals surface area contributed by atoms with E-state index in [1.54, 1.807) is 24.3 Å². The van der Waals surface area contributed by atoms with Crippen molar-refractivity contribution in [2.45, 2.75) is 6.04 Å². The van der Waals surface area contributed by atoms with Crippen LogP contribution >= 0.6 is 0 Å². The molecule has 1 aromatic carbocycles. The van der Waals surface area contributed by atoms with Crippen LogP contribution < -0.4 is 5.32 Å². The molecule has 0 aromatic heterocycles. The van der Waals surface area contributed by atoms with E-state index in [0.29, 0.717) is 18.8 Å². The summed E-state index contributed by atoms with van der Waals surface area (Å²) in [4.78, 5) is 11.8. The summed E-state index contributed by atoms with van der Waals surface area (Å²) in [5.74, 6) is 0.0960. The standard InChI is InChI=1S/C11H12NO2/c13-11(9-4-2-1-3-5-9)10-8-14-7-6-12-10/h2-5,10,12H,6-8H2. The Labute approximate surface area is 83.1 Å². The number of hydrogen-bond donors (Lipinski definition) is 1. The summed E-state index contributed by atoms with van der Waals surface area (Å²) in [5.41, 5.74) is 0.715. The van der Waals surface area contributed by atoms with Crippen molar-refractivity contribution < 1.29 is 9.53 Å². The van der Waals surface area contributed by atoms with Gasteiger partial charge in [0.15, 0.2) is 5.78 Å². The molecule has 73 valence electrons. The highest BCUT2D eigenvalue weighted by Crippen LogP contribution is 2.05. The van der Waals surface area contributed by atoms with Gasteiger partial charge in [-0.3, -0.25) is 4.79 Å². The highest BCUT2D eigenvalue weighted by molar-refractivity contribution is 6.00. The predicted molar refractivity (Wildman–Crippen MR) is 52.2 cm³/mol. The highest BCUT2D eigenvalue weighted by atomic mass is 16.5. The lowest BCUT2D eigenvalue weighted by atomic mass is 10.0. The molecule has 0 aliphatic carbocycles. The molecule has 1 atom stereocenters. The van der Waals surface area contributed by atoms with Crippen LogP contribution in [0, 0.1) is 6.07 Å². The number of rotatable bonds is 2. The molecule has 0 saturated carbocycles. The van der Waals surface area contributed by atoms with Crippen LogP contribution in [0.4, 0.5) is 0 Å². The van der Waals surface area contributed by atoms with Gasteiger partial charge in [0.1, 0.15) is 0 Å². The molecule has 2 rings (SSSR count). The van der Waals surface area contributed by atoms with Gasteiger partial charge in [0.2, 0.25) is 0 Å². The molecule has 1 unspecified atom stereocenters. The van der Waals surface area contributed by atoms with Gasteiger partial charge in [-0.05, 0) is 6.07 Å². The van der Waals surface area contributed by atoms with Gasteiger partial charge >= 0.3 is 0 Å². The number of carbonyl (C=O) groups is 1. The van der Waals surface area contributed by atoms with Gasteiger partial charge in [-0.25, -0.2) is 0 Å². The number of ketones is 1. The smallest absolute Gasteiger partial charge is 0.182 e. The van der Waals surface area contributed by atoms with Crippen LogP contribution in [0.5, 0.6) is 0 Å². The van der Waals surface area contributed by atoms with E-state index in [1.807, 2.05) is 0 Å². The molecule has 0 spiro atoms. The van der Waals surface area contributed by atoms with Gasteiger partial charge in [-0.1, -0.05) is 24.3 Å². The van der Waals surface area contributed by atoms with Crippen LogP contribution in [0.2, 0.25) is 0 Å². The molecular weight excluding hydrogens is 178 g/mol. The van der Waals surface area contributed by atoms with Crippen LogP contribution in [0.1, 0.15) is 10.4 Å². The number of benzene rings is 1. The number of morpholine rings is 1. The van der Waals surface area contributed by atoms with Gasteiger partial charge in [0, 0.05) is 12.1 Å². The third-order valence-electron chi connectivity index (χ3n) is 2.24. The molecular formula is C11H12NO2. The minimum Gasteiger partial charge on any atom is -0.378 e. The van der Waals surface area contributed by atoms with E-state index in [9.17, 15) is 4.79 Å². The molecule has 1 aliphatic heterocycles. The SMILES string of the molecule is O=C(c1cc[c]cc1)C1COCCN1. The van der Waals surface area contributed by atoms with Crippen LogP contribution in [0.15, 0.2) is 24.3 Å². The topological polar surface area (TPSA) is 38.3 Å². The Morgan fingerprint density at radius 1 is 1.50 bits per heavy atom. The van der Waals surface area contributed by atoms with Crippen LogP contribution in [0.3, 0.4) is 0 Å². The average Bonchev–Trinajstić information content (AvgIpc) is 2.30. The van der Waals surface area contributed by atoms with Crippen LogP contribution in [-0.2, 0) is 4.74 Å². The Morgan fingerprint density at radius 3 is 2.93 bits per heavy atom. The van der Waals surface area contributed by atoms with Gasteiger partial charge in [-0.15, -0.1) is 0 Å². The fraction of sp³-hybridized carbons (Fsp3) is 0.364. The monoisotopic (exact) mass is 190 g/mol. The van der Waals surface area contributed by atoms with E-state index >= 15 is 0 Å². The summed E-state index contributed by atoms with van der Waals surface area (Å²) in [6.45, 7) is 1.90. The van der Waals surface area contributed by atoms with Gasteiger partial charge in [0.05, 0.1) is 19.3 Å². The minimum absolute atomic E-state index is 0.0960. The fourth-order valence-corrected chi connectivity index (χ4v) is 1.49. The summed E-state index contributed by atoms with van der Waals surface area (Å²) in [5, 5.41) is 3.13. The summed E-state index contributed by atoms with van der Waals surface area (Å²) in [6, 6.07) is 9.74. The Bertz CT molecular complexity index is 304. The van der Waals surface area contributed by atoms with E-state index in [4.69, 9.17) is 4.74 Å². The number of ether oxygens (including phenoxy) is 1. The van der Waals surface area contributed by atoms with Crippen molar-refractivity contribution in [1.29, 1.82) is 0 Å². The van der Waals surface area contributed by atoms with E-state index < -0.39 is 0 Å². The van der Waals surface area contributed by atoms with Crippen molar-refractivity contribution in [1.82, 2.24) is 5.32 Å². The Morgan fingerprint density at radius 2 is 2.29 bits per heavy atom. The fourth-order valence-electron chi connectivity index (χ4n) is 1.49. The minimum atomic E-state index is -0.189. The van der Waals surface area contributed by atoms with Crippen molar-refractivity contribution in [2.75, 3.05) is 19.8 Å². The van der Waals surface area contributed by atoms with Crippen molar-refractivity contribution in [3.8, 4) is 0 Å². The zero-order chi connectivity index (χ0) is 9.80. The number of carbonyl (C=O) groups excluding carboxylic acids is 1. The second-order valence-corrected chi connectivity index (χ2v) is 3.23. The van der Waals surface area contributed by atoms with E-state index in [0.717, 1.165) is 6.54 Å². The molecule has 1 saturated heterocycles. The van der Waals surface area contributed by atoms with E-state index in [2.05, 4.69) is 11.4 Å². The molecule has 3 heteroatoms. The highest BCUT2D eigenvalue weighted by Gasteiger charge is 2.21. The lowest BCUT2D eigenvalue weighted by Gasteiger charge is -2.22. The molecule has 3 nitrogen and oxygen atoms in total. The molecule has 0 amide bonds. The molecule has 14 heavy (non-hydrogen) atoms. The van der Waals surface area contributed by atoms with Gasteiger partial charge in [-0.2, -0.15) is 0 Å². The average molecular weight is 190 g/mol. The molecule has 1 fully saturated rings. The zero-order valence-corrected chi connectivity index (χ0v) is 7.82. The maximum Gasteiger partial charge on any atom is 0.182 e. The van der Waals surface area contributed by atoms with Crippen LogP contribution in [-0.4, -0.2) is 31.6 Å². The summed E-state index contributed by atoms with van der Waals surface area (Å²) in [7, 11) is 0.